The van der Waals surface area contributed by atoms with Crippen molar-refractivity contribution in [2.75, 3.05) is 0 Å². The molecule has 1 heteroatoms. The van der Waals surface area contributed by atoms with Gasteiger partial charge in [-0.2, -0.15) is 0 Å². The molecule has 0 saturated carbocycles. The van der Waals surface area contributed by atoms with Gasteiger partial charge in [0, 0.05) is 5.92 Å². The smallest absolute Gasteiger partial charge is 0.0614 e. The van der Waals surface area contributed by atoms with Crippen LogP contribution < -0.4 is 0 Å². The Kier molecular flexibility index (Phi) is 2.51. The number of halogens is 1. The van der Waals surface area contributed by atoms with E-state index in [1.165, 1.54) is 22.3 Å². The molecule has 0 bridgehead atoms. The molecule has 0 aliphatic heterocycles. The molecule has 16 heavy (non-hydrogen) atoms. The van der Waals surface area contributed by atoms with Gasteiger partial charge in [0.25, 0.3) is 0 Å². The molecule has 80 valence electrons. The third-order valence-electron chi connectivity index (χ3n) is 3.47. The SMILES string of the molecule is CC1c2ccccc2C(I)c2ccccc21. The zero-order valence-electron chi connectivity index (χ0n) is 9.15. The van der Waals surface area contributed by atoms with Crippen LogP contribution in [0.25, 0.3) is 0 Å². The van der Waals surface area contributed by atoms with E-state index in [9.17, 15) is 0 Å². The van der Waals surface area contributed by atoms with Crippen LogP contribution in [0.4, 0.5) is 0 Å². The predicted molar refractivity (Wildman–Crippen MR) is 76.3 cm³/mol. The first kappa shape index (κ1) is 10.3. The van der Waals surface area contributed by atoms with Crippen molar-refractivity contribution < 1.29 is 0 Å². The van der Waals surface area contributed by atoms with Gasteiger partial charge in [0.1, 0.15) is 0 Å². The highest BCUT2D eigenvalue weighted by Crippen LogP contribution is 2.45. The number of hydrogen-bond donors (Lipinski definition) is 0. The summed E-state index contributed by atoms with van der Waals surface area (Å²) < 4.78 is 0.501. The maximum Gasteiger partial charge on any atom is 0.0614 e. The van der Waals surface area contributed by atoms with Gasteiger partial charge in [0.05, 0.1) is 3.92 Å². The molecule has 0 atom stereocenters. The Hall–Kier alpha value is -0.830. The van der Waals surface area contributed by atoms with E-state index in [1.54, 1.807) is 0 Å². The van der Waals surface area contributed by atoms with E-state index >= 15 is 0 Å². The molecule has 2 aromatic carbocycles. The fourth-order valence-corrected chi connectivity index (χ4v) is 3.74. The molecule has 0 radical (unpaired) electrons. The summed E-state index contributed by atoms with van der Waals surface area (Å²) in [6, 6.07) is 17.6. The second-order valence-corrected chi connectivity index (χ2v) is 5.59. The standard InChI is InChI=1S/C15H13I/c1-10-11-6-2-4-8-13(11)15(16)14-9-5-3-7-12(10)14/h2-10,15H,1H3. The molecule has 0 nitrogen and oxygen atoms in total. The van der Waals surface area contributed by atoms with E-state index in [1.807, 2.05) is 0 Å². The van der Waals surface area contributed by atoms with Gasteiger partial charge in [-0.3, -0.25) is 0 Å². The topological polar surface area (TPSA) is 0 Å². The van der Waals surface area contributed by atoms with Crippen molar-refractivity contribution in [2.24, 2.45) is 0 Å². The van der Waals surface area contributed by atoms with E-state index in [0.717, 1.165) is 0 Å². The second-order valence-electron chi connectivity index (χ2n) is 4.34. The minimum absolute atomic E-state index is 0.501. The van der Waals surface area contributed by atoms with Crippen molar-refractivity contribution in [3.05, 3.63) is 70.8 Å². The predicted octanol–water partition coefficient (Wildman–Crippen LogP) is 4.68. The molecule has 0 aromatic heterocycles. The third kappa shape index (κ3) is 1.41. The monoisotopic (exact) mass is 320 g/mol. The van der Waals surface area contributed by atoms with Gasteiger partial charge >= 0.3 is 0 Å². The summed E-state index contributed by atoms with van der Waals surface area (Å²) in [4.78, 5) is 0. The van der Waals surface area contributed by atoms with Crippen LogP contribution in [0.3, 0.4) is 0 Å². The molecule has 3 rings (SSSR count). The van der Waals surface area contributed by atoms with Crippen LogP contribution in [0.5, 0.6) is 0 Å². The van der Waals surface area contributed by atoms with Crippen molar-refractivity contribution in [3.63, 3.8) is 0 Å². The first-order valence-corrected chi connectivity index (χ1v) is 6.85. The lowest BCUT2D eigenvalue weighted by Crippen LogP contribution is -2.12. The summed E-state index contributed by atoms with van der Waals surface area (Å²) in [7, 11) is 0. The van der Waals surface area contributed by atoms with E-state index in [2.05, 4.69) is 78.0 Å². The summed E-state index contributed by atoms with van der Waals surface area (Å²) in [5.41, 5.74) is 5.94. The fourth-order valence-electron chi connectivity index (χ4n) is 2.61. The minimum Gasteiger partial charge on any atom is -0.0722 e. The molecule has 2 aromatic rings. The maximum atomic E-state index is 2.55. The van der Waals surface area contributed by atoms with Crippen molar-refractivity contribution in [1.82, 2.24) is 0 Å². The lowest BCUT2D eigenvalue weighted by Gasteiger charge is -2.29. The van der Waals surface area contributed by atoms with E-state index in [4.69, 9.17) is 0 Å². The molecule has 0 unspecified atom stereocenters. The Bertz CT molecular complexity index is 435. The minimum atomic E-state index is 0.501. The summed E-state index contributed by atoms with van der Waals surface area (Å²) in [5.74, 6) is 0.526. The Labute approximate surface area is 110 Å². The Morgan fingerprint density at radius 2 is 1.12 bits per heavy atom. The van der Waals surface area contributed by atoms with Gasteiger partial charge in [-0.25, -0.2) is 0 Å². The van der Waals surface area contributed by atoms with Crippen LogP contribution in [-0.4, -0.2) is 0 Å². The van der Waals surface area contributed by atoms with E-state index in [0.29, 0.717) is 9.84 Å². The van der Waals surface area contributed by atoms with E-state index in [-0.39, 0.29) is 0 Å². The van der Waals surface area contributed by atoms with Gasteiger partial charge in [-0.1, -0.05) is 78.0 Å². The molecule has 1 aliphatic carbocycles. The lowest BCUT2D eigenvalue weighted by molar-refractivity contribution is 0.847. The average Bonchev–Trinajstić information content (AvgIpc) is 2.36. The van der Waals surface area contributed by atoms with Crippen LogP contribution in [0.15, 0.2) is 48.5 Å². The van der Waals surface area contributed by atoms with E-state index < -0.39 is 0 Å². The number of fused-ring (bicyclic) bond motifs is 2. The van der Waals surface area contributed by atoms with Crippen molar-refractivity contribution in [2.45, 2.75) is 16.8 Å². The lowest BCUT2D eigenvalue weighted by atomic mass is 9.79. The fraction of sp³-hybridized carbons (Fsp3) is 0.200. The van der Waals surface area contributed by atoms with Crippen molar-refractivity contribution in [1.29, 1.82) is 0 Å². The van der Waals surface area contributed by atoms with Gasteiger partial charge in [-0.05, 0) is 22.3 Å². The number of hydrogen-bond acceptors (Lipinski definition) is 0. The second kappa shape index (κ2) is 3.88. The average molecular weight is 320 g/mol. The maximum absolute atomic E-state index is 2.55. The molecular formula is C15H13I. The zero-order valence-corrected chi connectivity index (χ0v) is 11.3. The van der Waals surface area contributed by atoms with Crippen LogP contribution in [-0.2, 0) is 0 Å². The molecule has 0 spiro atoms. The van der Waals surface area contributed by atoms with Gasteiger partial charge in [0.2, 0.25) is 0 Å². The number of rotatable bonds is 0. The van der Waals surface area contributed by atoms with Crippen LogP contribution in [0.1, 0.15) is 39.0 Å². The molecule has 0 saturated heterocycles. The third-order valence-corrected chi connectivity index (χ3v) is 4.81. The van der Waals surface area contributed by atoms with Gasteiger partial charge in [-0.15, -0.1) is 0 Å². The highest BCUT2D eigenvalue weighted by atomic mass is 127. The first-order valence-electron chi connectivity index (χ1n) is 5.60. The largest absolute Gasteiger partial charge is 0.0722 e. The summed E-state index contributed by atoms with van der Waals surface area (Å²) in [6.07, 6.45) is 0. The highest BCUT2D eigenvalue weighted by molar-refractivity contribution is 14.1. The quantitative estimate of drug-likeness (QED) is 0.488. The molecule has 0 heterocycles. The molecule has 0 amide bonds. The molecular weight excluding hydrogens is 307 g/mol. The highest BCUT2D eigenvalue weighted by Gasteiger charge is 2.27. The first-order chi connectivity index (χ1) is 7.79. The Morgan fingerprint density at radius 3 is 1.56 bits per heavy atom. The molecule has 0 fully saturated rings. The Balaban J connectivity index is 2.26. The van der Waals surface area contributed by atoms with Crippen LogP contribution in [0, 0.1) is 0 Å². The summed E-state index contributed by atoms with van der Waals surface area (Å²) >= 11 is 2.55. The van der Waals surface area contributed by atoms with Crippen LogP contribution in [0.2, 0.25) is 0 Å². The summed E-state index contributed by atoms with van der Waals surface area (Å²) in [6.45, 7) is 2.31. The normalized spacial score (nSPS) is 22.4. The zero-order chi connectivity index (χ0) is 11.1. The van der Waals surface area contributed by atoms with Gasteiger partial charge < -0.3 is 0 Å². The molecule has 0 N–H and O–H groups in total. The summed E-state index contributed by atoms with van der Waals surface area (Å²) in [5, 5.41) is 0. The molecule has 1 aliphatic rings. The van der Waals surface area contributed by atoms with Gasteiger partial charge in [0.15, 0.2) is 0 Å². The van der Waals surface area contributed by atoms with Crippen molar-refractivity contribution >= 4 is 22.6 Å². The number of alkyl halides is 1. The number of benzene rings is 2. The Morgan fingerprint density at radius 1 is 0.750 bits per heavy atom. The van der Waals surface area contributed by atoms with Crippen molar-refractivity contribution in [3.8, 4) is 0 Å². The van der Waals surface area contributed by atoms with Crippen LogP contribution >= 0.6 is 22.6 Å².